The lowest BCUT2D eigenvalue weighted by molar-refractivity contribution is 0.340. The molecule has 1 aromatic carbocycles. The highest BCUT2D eigenvalue weighted by Crippen LogP contribution is 2.31. The fourth-order valence-corrected chi connectivity index (χ4v) is 2.39. The van der Waals surface area contributed by atoms with Gasteiger partial charge < -0.3 is 15.0 Å². The third-order valence-electron chi connectivity index (χ3n) is 3.76. The predicted octanol–water partition coefficient (Wildman–Crippen LogP) is 2.89. The van der Waals surface area contributed by atoms with Gasteiger partial charge in [0.2, 0.25) is 0 Å². The molecule has 0 bridgehead atoms. The van der Waals surface area contributed by atoms with E-state index in [0.29, 0.717) is 6.61 Å². The van der Waals surface area contributed by atoms with E-state index in [1.807, 2.05) is 26.1 Å². The number of nitrogens with one attached hydrogen (secondary N) is 1. The fraction of sp³-hybridized carbons (Fsp3) is 0.588. The van der Waals surface area contributed by atoms with E-state index in [2.05, 4.69) is 34.4 Å². The zero-order valence-corrected chi connectivity index (χ0v) is 13.4. The van der Waals surface area contributed by atoms with E-state index in [9.17, 15) is 0 Å². The van der Waals surface area contributed by atoms with Gasteiger partial charge in [-0.1, -0.05) is 25.0 Å². The lowest BCUT2D eigenvalue weighted by atomic mass is 10.2. The second-order valence-corrected chi connectivity index (χ2v) is 5.64. The summed E-state index contributed by atoms with van der Waals surface area (Å²) in [6, 6.07) is 8.27. The van der Waals surface area contributed by atoms with E-state index in [4.69, 9.17) is 4.74 Å². The van der Waals surface area contributed by atoms with Crippen LogP contribution in [0.3, 0.4) is 0 Å². The SMILES string of the molecule is CCOc1ccc(CN(C)C(=NC)NCCC2CC2)cc1. The maximum absolute atomic E-state index is 5.47. The van der Waals surface area contributed by atoms with Crippen molar-refractivity contribution in [2.75, 3.05) is 27.2 Å². The maximum Gasteiger partial charge on any atom is 0.193 e. The molecule has 0 heterocycles. The summed E-state index contributed by atoms with van der Waals surface area (Å²) in [4.78, 5) is 6.51. The Hall–Kier alpha value is -1.71. The summed E-state index contributed by atoms with van der Waals surface area (Å²) < 4.78 is 5.47. The summed E-state index contributed by atoms with van der Waals surface area (Å²) in [5.74, 6) is 2.84. The molecule has 0 spiro atoms. The minimum atomic E-state index is 0.705. The number of guanidine groups is 1. The number of hydrogen-bond acceptors (Lipinski definition) is 2. The van der Waals surface area contributed by atoms with Crippen LogP contribution in [-0.2, 0) is 6.54 Å². The van der Waals surface area contributed by atoms with Crippen molar-refractivity contribution < 1.29 is 4.74 Å². The van der Waals surface area contributed by atoms with Gasteiger partial charge in [0.05, 0.1) is 6.61 Å². The number of hydrogen-bond donors (Lipinski definition) is 1. The minimum Gasteiger partial charge on any atom is -0.494 e. The van der Waals surface area contributed by atoms with Crippen molar-refractivity contribution in [1.29, 1.82) is 0 Å². The van der Waals surface area contributed by atoms with Crippen molar-refractivity contribution in [3.05, 3.63) is 29.8 Å². The Balaban J connectivity index is 1.81. The summed E-state index contributed by atoms with van der Waals surface area (Å²) in [7, 11) is 3.91. The van der Waals surface area contributed by atoms with Gasteiger partial charge in [-0.15, -0.1) is 0 Å². The molecule has 1 N–H and O–H groups in total. The molecule has 0 amide bonds. The highest BCUT2D eigenvalue weighted by atomic mass is 16.5. The molecule has 0 aliphatic heterocycles. The third-order valence-corrected chi connectivity index (χ3v) is 3.76. The van der Waals surface area contributed by atoms with Gasteiger partial charge in [0.15, 0.2) is 5.96 Å². The van der Waals surface area contributed by atoms with E-state index in [0.717, 1.165) is 30.7 Å². The van der Waals surface area contributed by atoms with Crippen LogP contribution in [0.15, 0.2) is 29.3 Å². The summed E-state index contributed by atoms with van der Waals surface area (Å²) >= 11 is 0. The van der Waals surface area contributed by atoms with Crippen molar-refractivity contribution >= 4 is 5.96 Å². The highest BCUT2D eigenvalue weighted by molar-refractivity contribution is 5.79. The van der Waals surface area contributed by atoms with E-state index < -0.39 is 0 Å². The average Bonchev–Trinajstić information content (AvgIpc) is 3.30. The number of benzene rings is 1. The molecule has 1 aliphatic rings. The first-order chi connectivity index (χ1) is 10.2. The molecule has 1 fully saturated rings. The molecular weight excluding hydrogens is 262 g/mol. The Kier molecular flexibility index (Phi) is 5.90. The van der Waals surface area contributed by atoms with Crippen molar-refractivity contribution in [3.63, 3.8) is 0 Å². The molecule has 0 saturated heterocycles. The smallest absolute Gasteiger partial charge is 0.193 e. The molecule has 21 heavy (non-hydrogen) atoms. The Bertz CT molecular complexity index is 452. The first kappa shape index (κ1) is 15.7. The molecule has 0 radical (unpaired) electrons. The zero-order chi connectivity index (χ0) is 15.1. The third kappa shape index (κ3) is 5.29. The van der Waals surface area contributed by atoms with Crippen LogP contribution in [0, 0.1) is 5.92 Å². The van der Waals surface area contributed by atoms with Gasteiger partial charge in [-0.25, -0.2) is 0 Å². The van der Waals surface area contributed by atoms with E-state index in [-0.39, 0.29) is 0 Å². The second-order valence-electron chi connectivity index (χ2n) is 5.64. The quantitative estimate of drug-likeness (QED) is 0.619. The fourth-order valence-electron chi connectivity index (χ4n) is 2.39. The Morgan fingerprint density at radius 3 is 2.62 bits per heavy atom. The Labute approximate surface area is 128 Å². The normalized spacial score (nSPS) is 14.9. The van der Waals surface area contributed by atoms with Gasteiger partial charge >= 0.3 is 0 Å². The molecule has 1 aliphatic carbocycles. The summed E-state index contributed by atoms with van der Waals surface area (Å²) in [5.41, 5.74) is 1.26. The number of rotatable bonds is 7. The molecule has 0 aromatic heterocycles. The van der Waals surface area contributed by atoms with Crippen LogP contribution in [0.5, 0.6) is 5.75 Å². The lowest BCUT2D eigenvalue weighted by Crippen LogP contribution is -2.39. The second kappa shape index (κ2) is 7.91. The van der Waals surface area contributed by atoms with Gasteiger partial charge in [-0.3, -0.25) is 4.99 Å². The van der Waals surface area contributed by atoms with Crippen LogP contribution in [0.2, 0.25) is 0 Å². The molecule has 0 atom stereocenters. The molecule has 4 nitrogen and oxygen atoms in total. The Morgan fingerprint density at radius 2 is 2.05 bits per heavy atom. The monoisotopic (exact) mass is 289 g/mol. The van der Waals surface area contributed by atoms with E-state index in [1.165, 1.54) is 24.8 Å². The molecule has 4 heteroatoms. The number of nitrogens with zero attached hydrogens (tertiary/aromatic N) is 2. The molecule has 116 valence electrons. The minimum absolute atomic E-state index is 0.705. The van der Waals surface area contributed by atoms with Gasteiger partial charge in [0, 0.05) is 27.2 Å². The van der Waals surface area contributed by atoms with E-state index in [1.54, 1.807) is 0 Å². The first-order valence-electron chi connectivity index (χ1n) is 7.86. The molecule has 2 rings (SSSR count). The van der Waals surface area contributed by atoms with Gasteiger partial charge in [0.25, 0.3) is 0 Å². The summed E-state index contributed by atoms with van der Waals surface area (Å²) in [6.07, 6.45) is 4.07. The van der Waals surface area contributed by atoms with Crippen LogP contribution in [-0.4, -0.2) is 38.1 Å². The van der Waals surface area contributed by atoms with Crippen molar-refractivity contribution in [2.45, 2.75) is 32.7 Å². The molecular formula is C17H27N3O. The Morgan fingerprint density at radius 1 is 1.33 bits per heavy atom. The topological polar surface area (TPSA) is 36.9 Å². The molecule has 0 unspecified atom stereocenters. The summed E-state index contributed by atoms with van der Waals surface area (Å²) in [6.45, 7) is 4.57. The number of aliphatic imine (C=N–C) groups is 1. The van der Waals surface area contributed by atoms with Crippen LogP contribution in [0.25, 0.3) is 0 Å². The first-order valence-corrected chi connectivity index (χ1v) is 7.86. The number of ether oxygens (including phenoxy) is 1. The zero-order valence-electron chi connectivity index (χ0n) is 13.4. The van der Waals surface area contributed by atoms with Gasteiger partial charge in [0.1, 0.15) is 5.75 Å². The average molecular weight is 289 g/mol. The van der Waals surface area contributed by atoms with Crippen molar-refractivity contribution in [1.82, 2.24) is 10.2 Å². The van der Waals surface area contributed by atoms with Crippen molar-refractivity contribution in [3.8, 4) is 5.75 Å². The largest absolute Gasteiger partial charge is 0.494 e. The lowest BCUT2D eigenvalue weighted by Gasteiger charge is -2.22. The van der Waals surface area contributed by atoms with Crippen LogP contribution in [0.1, 0.15) is 31.7 Å². The predicted molar refractivity (Wildman–Crippen MR) is 87.8 cm³/mol. The molecule has 1 saturated carbocycles. The van der Waals surface area contributed by atoms with Crippen LogP contribution < -0.4 is 10.1 Å². The maximum atomic E-state index is 5.47. The molecule has 1 aromatic rings. The highest BCUT2D eigenvalue weighted by Gasteiger charge is 2.20. The van der Waals surface area contributed by atoms with Gasteiger partial charge in [-0.05, 0) is 37.0 Å². The van der Waals surface area contributed by atoms with Crippen LogP contribution in [0.4, 0.5) is 0 Å². The van der Waals surface area contributed by atoms with Gasteiger partial charge in [-0.2, -0.15) is 0 Å². The van der Waals surface area contributed by atoms with Crippen LogP contribution >= 0.6 is 0 Å². The van der Waals surface area contributed by atoms with E-state index >= 15 is 0 Å². The van der Waals surface area contributed by atoms with Crippen molar-refractivity contribution in [2.24, 2.45) is 10.9 Å². The standard InChI is InChI=1S/C17H27N3O/c1-4-21-16-9-7-15(8-10-16)13-20(3)17(18-2)19-12-11-14-5-6-14/h7-10,14H,4-6,11-13H2,1-3H3,(H,18,19). The summed E-state index contributed by atoms with van der Waals surface area (Å²) in [5, 5.41) is 3.44.